The topological polar surface area (TPSA) is 162 Å². The van der Waals surface area contributed by atoms with E-state index in [1.165, 1.54) is 30.5 Å². The lowest BCUT2D eigenvalue weighted by Gasteiger charge is -2.72. The highest BCUT2D eigenvalue weighted by molar-refractivity contribution is 5.94. The van der Waals surface area contributed by atoms with Crippen LogP contribution in [0.4, 0.5) is 0 Å². The number of aliphatic hydroxyl groups is 1. The predicted molar refractivity (Wildman–Crippen MR) is 226 cm³/mol. The van der Waals surface area contributed by atoms with Crippen LogP contribution in [-0.4, -0.2) is 51.8 Å². The van der Waals surface area contributed by atoms with E-state index in [4.69, 9.17) is 9.84 Å². The minimum Gasteiger partial charge on any atom is -0.492 e. The largest absolute Gasteiger partial charge is 0.492 e. The average molecular weight is 811 g/mol. The van der Waals surface area contributed by atoms with E-state index >= 15 is 0 Å². The minimum absolute atomic E-state index is 0.0634. The Hall–Kier alpha value is -4.18. The summed E-state index contributed by atoms with van der Waals surface area (Å²) in [6.07, 6.45) is 9.85. The van der Waals surface area contributed by atoms with Gasteiger partial charge in [0.1, 0.15) is 11.3 Å². The summed E-state index contributed by atoms with van der Waals surface area (Å²) < 4.78 is 5.38. The Morgan fingerprint density at radius 2 is 1.53 bits per heavy atom. The summed E-state index contributed by atoms with van der Waals surface area (Å²) in [4.78, 5) is 50.8. The monoisotopic (exact) mass is 810 g/mol. The third-order valence-electron chi connectivity index (χ3n) is 17.4. The third-order valence-corrected chi connectivity index (χ3v) is 17.4. The fraction of sp³-hybridized carbons (Fsp3) is 0.633. The van der Waals surface area contributed by atoms with Crippen molar-refractivity contribution in [2.24, 2.45) is 56.7 Å². The van der Waals surface area contributed by atoms with Crippen molar-refractivity contribution in [1.82, 2.24) is 10.6 Å². The van der Waals surface area contributed by atoms with Crippen LogP contribution in [0.1, 0.15) is 144 Å². The maximum Gasteiger partial charge on any atom is 0.339 e. The second-order valence-corrected chi connectivity index (χ2v) is 20.4. The number of carboxylic acids is 2. The number of allylic oxidation sites excluding steroid dienone is 1. The molecule has 0 aliphatic heterocycles. The Balaban J connectivity index is 1.04. The van der Waals surface area contributed by atoms with Gasteiger partial charge in [-0.2, -0.15) is 0 Å². The zero-order chi connectivity index (χ0) is 42.7. The number of ether oxygens (including phenoxy) is 1. The van der Waals surface area contributed by atoms with Gasteiger partial charge in [0.2, 0.25) is 5.91 Å². The molecule has 320 valence electrons. The maximum absolute atomic E-state index is 14.8. The van der Waals surface area contributed by atoms with Crippen LogP contribution in [0.25, 0.3) is 0 Å². The van der Waals surface area contributed by atoms with Gasteiger partial charge in [0.25, 0.3) is 5.91 Å². The first-order valence-corrected chi connectivity index (χ1v) is 22.0. The van der Waals surface area contributed by atoms with Crippen LogP contribution in [0.3, 0.4) is 0 Å². The Bertz CT molecular complexity index is 2010. The number of amides is 2. The van der Waals surface area contributed by atoms with E-state index in [9.17, 15) is 29.4 Å². The highest BCUT2D eigenvalue weighted by Crippen LogP contribution is 2.77. The van der Waals surface area contributed by atoms with E-state index in [0.717, 1.165) is 56.9 Å². The smallest absolute Gasteiger partial charge is 0.339 e. The van der Waals surface area contributed by atoms with Crippen molar-refractivity contribution in [2.45, 2.75) is 131 Å². The Labute approximate surface area is 350 Å². The zero-order valence-electron chi connectivity index (χ0n) is 36.0. The zero-order valence-corrected chi connectivity index (χ0v) is 36.0. The lowest BCUT2D eigenvalue weighted by molar-refractivity contribution is -0.246. The molecule has 5 aliphatic rings. The van der Waals surface area contributed by atoms with Crippen LogP contribution in [0, 0.1) is 56.7 Å². The highest BCUT2D eigenvalue weighted by Gasteiger charge is 2.71. The average Bonchev–Trinajstić information content (AvgIpc) is 3.59. The number of hydrogen-bond acceptors (Lipinski definition) is 6. The number of carboxylic acid groups (broad SMARTS) is 2. The van der Waals surface area contributed by atoms with Crippen LogP contribution in [-0.2, 0) is 22.7 Å². The van der Waals surface area contributed by atoms with Crippen molar-refractivity contribution in [3.8, 4) is 5.75 Å². The van der Waals surface area contributed by atoms with Gasteiger partial charge < -0.3 is 30.7 Å². The molecule has 5 aliphatic carbocycles. The molecule has 0 heterocycles. The molecule has 2 aromatic rings. The number of benzene rings is 2. The SMILES string of the molecule is C=C(C)[C@@H]1CC[C@]2(C(=O)NCc3cccc(C(=O)NCc4ccc(OCCC(=O)O)c(C(=O)O)c4)c3)CC[C@]3(C)C(CCC4[C@@]5(C)CC[C@H](O)C(C)(C)C5CC[C@]43C)C12. The lowest BCUT2D eigenvalue weighted by atomic mass is 9.32. The van der Waals surface area contributed by atoms with E-state index < -0.39 is 17.4 Å². The lowest BCUT2D eigenvalue weighted by Crippen LogP contribution is -2.67. The van der Waals surface area contributed by atoms with Gasteiger partial charge in [-0.05, 0) is 158 Å². The van der Waals surface area contributed by atoms with Crippen LogP contribution in [0.5, 0.6) is 5.75 Å². The molecule has 7 rings (SSSR count). The molecule has 0 saturated heterocycles. The fourth-order valence-corrected chi connectivity index (χ4v) is 14.2. The van der Waals surface area contributed by atoms with Crippen LogP contribution in [0.2, 0.25) is 0 Å². The molecule has 2 amide bonds. The molecule has 5 fully saturated rings. The molecule has 0 aromatic heterocycles. The van der Waals surface area contributed by atoms with E-state index in [1.807, 2.05) is 12.1 Å². The van der Waals surface area contributed by atoms with Gasteiger partial charge in [0, 0.05) is 18.7 Å². The second kappa shape index (κ2) is 15.7. The van der Waals surface area contributed by atoms with E-state index in [-0.39, 0.29) is 76.4 Å². The summed E-state index contributed by atoms with van der Waals surface area (Å²) in [5.41, 5.74) is 2.79. The molecule has 2 aromatic carbocycles. The quantitative estimate of drug-likeness (QED) is 0.133. The highest BCUT2D eigenvalue weighted by atomic mass is 16.5. The number of aliphatic carboxylic acids is 1. The Morgan fingerprint density at radius 1 is 0.797 bits per heavy atom. The molecule has 10 nitrogen and oxygen atoms in total. The summed E-state index contributed by atoms with van der Waals surface area (Å²) in [6.45, 7) is 19.2. The van der Waals surface area contributed by atoms with Crippen molar-refractivity contribution < 1.29 is 39.2 Å². The van der Waals surface area contributed by atoms with Crippen molar-refractivity contribution in [2.75, 3.05) is 6.61 Å². The van der Waals surface area contributed by atoms with Crippen molar-refractivity contribution in [3.63, 3.8) is 0 Å². The number of carbonyl (C=O) groups is 4. The van der Waals surface area contributed by atoms with E-state index in [1.54, 1.807) is 18.2 Å². The summed E-state index contributed by atoms with van der Waals surface area (Å²) in [5, 5.41) is 35.9. The molecule has 5 saturated carbocycles. The molecule has 4 unspecified atom stereocenters. The molecule has 5 N–H and O–H groups in total. The number of aromatic carboxylic acids is 1. The first kappa shape index (κ1) is 42.9. The normalized spacial score (nSPS) is 35.5. The van der Waals surface area contributed by atoms with Crippen LogP contribution >= 0.6 is 0 Å². The first-order valence-electron chi connectivity index (χ1n) is 22.0. The van der Waals surface area contributed by atoms with Crippen molar-refractivity contribution in [3.05, 3.63) is 76.9 Å². The van der Waals surface area contributed by atoms with Crippen LogP contribution < -0.4 is 15.4 Å². The summed E-state index contributed by atoms with van der Waals surface area (Å²) in [7, 11) is 0. The fourth-order valence-electron chi connectivity index (χ4n) is 14.2. The molecule has 10 heteroatoms. The van der Waals surface area contributed by atoms with Gasteiger partial charge >= 0.3 is 11.9 Å². The molecular formula is C49H66N2O8. The van der Waals surface area contributed by atoms with E-state index in [2.05, 4.69) is 58.8 Å². The first-order chi connectivity index (χ1) is 27.8. The van der Waals surface area contributed by atoms with Gasteiger partial charge in [-0.15, -0.1) is 0 Å². The Kier molecular flexibility index (Phi) is 11.4. The number of nitrogens with one attached hydrogen (secondary N) is 2. The van der Waals surface area contributed by atoms with E-state index in [0.29, 0.717) is 41.3 Å². The number of carbonyl (C=O) groups excluding carboxylic acids is 2. The Morgan fingerprint density at radius 3 is 2.24 bits per heavy atom. The van der Waals surface area contributed by atoms with Gasteiger partial charge in [-0.25, -0.2) is 4.79 Å². The maximum atomic E-state index is 14.8. The van der Waals surface area contributed by atoms with Gasteiger partial charge in [0.05, 0.1) is 24.5 Å². The van der Waals surface area contributed by atoms with Crippen molar-refractivity contribution >= 4 is 23.8 Å². The second-order valence-electron chi connectivity index (χ2n) is 20.4. The summed E-state index contributed by atoms with van der Waals surface area (Å²) in [6, 6.07) is 11.8. The molecule has 0 spiro atoms. The van der Waals surface area contributed by atoms with Crippen LogP contribution in [0.15, 0.2) is 54.6 Å². The molecule has 59 heavy (non-hydrogen) atoms. The van der Waals surface area contributed by atoms with Crippen molar-refractivity contribution in [1.29, 1.82) is 0 Å². The van der Waals surface area contributed by atoms with Gasteiger partial charge in [-0.1, -0.05) is 65.0 Å². The number of hydrogen-bond donors (Lipinski definition) is 5. The number of fused-ring (bicyclic) bond motifs is 7. The third kappa shape index (κ3) is 7.19. The predicted octanol–water partition coefficient (Wildman–Crippen LogP) is 8.80. The number of aliphatic hydroxyl groups excluding tert-OH is 1. The summed E-state index contributed by atoms with van der Waals surface area (Å²) in [5.74, 6) is -0.345. The van der Waals surface area contributed by atoms with Gasteiger partial charge in [-0.3, -0.25) is 14.4 Å². The minimum atomic E-state index is -1.22. The molecular weight excluding hydrogens is 745 g/mol. The number of rotatable bonds is 12. The molecule has 0 radical (unpaired) electrons. The van der Waals surface area contributed by atoms with Gasteiger partial charge in [0.15, 0.2) is 0 Å². The standard InChI is InChI=1S/C49H66N2O8/c1-29(2)33-15-21-49(23-22-47(6)35(41(33)49)12-14-38-46(5)19-17-39(52)45(3,4)37(46)16-20-48(38,47)7)44(58)51-28-30-9-8-10-32(25-30)42(55)50-27-31-11-13-36(34(26-31)43(56)57)59-24-18-40(53)54/h8-11,13,25-26,33,35,37-39,41,52H,1,12,14-24,27-28H2,2-7H3,(H,50,55)(H,51,58)(H,53,54)(H,56,57)/t33-,35?,37?,38?,39-,41?,46-,47+,48+,49-/m0/s1. The summed E-state index contributed by atoms with van der Waals surface area (Å²) >= 11 is 0. The molecule has 10 atom stereocenters. The molecule has 0 bridgehead atoms.